The number of fused-ring (bicyclic) bond motifs is 1. The van der Waals surface area contributed by atoms with E-state index in [1.165, 1.54) is 16.5 Å². The van der Waals surface area contributed by atoms with Crippen LogP contribution in [0, 0.1) is 6.92 Å². The van der Waals surface area contributed by atoms with Gasteiger partial charge in [0.15, 0.2) is 0 Å². The highest BCUT2D eigenvalue weighted by Crippen LogP contribution is 2.25. The van der Waals surface area contributed by atoms with E-state index in [-0.39, 0.29) is 0 Å². The summed E-state index contributed by atoms with van der Waals surface area (Å²) >= 11 is 0. The number of aromatic nitrogens is 1. The molecule has 1 N–H and O–H groups in total. The third-order valence-electron chi connectivity index (χ3n) is 3.35. The van der Waals surface area contributed by atoms with Crippen molar-refractivity contribution in [2.75, 3.05) is 6.54 Å². The van der Waals surface area contributed by atoms with Crippen LogP contribution in [0.5, 0.6) is 0 Å². The van der Waals surface area contributed by atoms with E-state index in [0.717, 1.165) is 17.8 Å². The van der Waals surface area contributed by atoms with Crippen LogP contribution in [0.4, 0.5) is 0 Å². The highest BCUT2D eigenvalue weighted by atomic mass is 15.0. The summed E-state index contributed by atoms with van der Waals surface area (Å²) < 4.78 is 2.19. The Balaban J connectivity index is 2.57. The average molecular weight is 266 g/mol. The van der Waals surface area contributed by atoms with Crippen LogP contribution >= 0.6 is 0 Å². The molecule has 2 aromatic rings. The normalized spacial score (nSPS) is 12.2. The fourth-order valence-electron chi connectivity index (χ4n) is 2.33. The molecular formula is C18H22N2. The van der Waals surface area contributed by atoms with Gasteiger partial charge in [-0.1, -0.05) is 30.9 Å². The quantitative estimate of drug-likeness (QED) is 0.789. The first kappa shape index (κ1) is 14.2. The summed E-state index contributed by atoms with van der Waals surface area (Å²) in [6.45, 7) is 11.3. The minimum Gasteiger partial charge on any atom is -0.389 e. The molecule has 0 aliphatic heterocycles. The first-order valence-electron chi connectivity index (χ1n) is 7.01. The second kappa shape index (κ2) is 6.29. The number of aryl methyl sites for hydroxylation is 1. The molecule has 0 aliphatic rings. The van der Waals surface area contributed by atoms with Gasteiger partial charge in [-0.3, -0.25) is 0 Å². The Labute approximate surface area is 121 Å². The van der Waals surface area contributed by atoms with E-state index in [2.05, 4.69) is 60.8 Å². The lowest BCUT2D eigenvalue weighted by atomic mass is 10.1. The van der Waals surface area contributed by atoms with Gasteiger partial charge >= 0.3 is 0 Å². The maximum atomic E-state index is 4.17. The highest BCUT2D eigenvalue weighted by Gasteiger charge is 2.08. The SMILES string of the molecule is C=C(/C=C\C)/C(=C\NCC)n1ccc2c(C)cccc21. The summed E-state index contributed by atoms with van der Waals surface area (Å²) in [7, 11) is 0. The van der Waals surface area contributed by atoms with E-state index in [9.17, 15) is 0 Å². The van der Waals surface area contributed by atoms with Crippen LogP contribution in [0.3, 0.4) is 0 Å². The van der Waals surface area contributed by atoms with Crippen LogP contribution < -0.4 is 5.32 Å². The highest BCUT2D eigenvalue weighted by molar-refractivity contribution is 5.88. The topological polar surface area (TPSA) is 17.0 Å². The zero-order valence-corrected chi connectivity index (χ0v) is 12.5. The lowest BCUT2D eigenvalue weighted by molar-refractivity contribution is 0.912. The molecule has 0 atom stereocenters. The molecule has 0 radical (unpaired) electrons. The van der Waals surface area contributed by atoms with E-state index < -0.39 is 0 Å². The van der Waals surface area contributed by atoms with Crippen molar-refractivity contribution < 1.29 is 0 Å². The summed E-state index contributed by atoms with van der Waals surface area (Å²) in [6, 6.07) is 8.54. The number of nitrogens with zero attached hydrogens (tertiary/aromatic N) is 1. The van der Waals surface area contributed by atoms with Crippen molar-refractivity contribution in [1.82, 2.24) is 9.88 Å². The Morgan fingerprint density at radius 2 is 2.15 bits per heavy atom. The molecular weight excluding hydrogens is 244 g/mol. The minimum absolute atomic E-state index is 0.894. The fourth-order valence-corrected chi connectivity index (χ4v) is 2.33. The van der Waals surface area contributed by atoms with Gasteiger partial charge in [0.1, 0.15) is 0 Å². The molecule has 2 heteroatoms. The average Bonchev–Trinajstić information content (AvgIpc) is 2.85. The van der Waals surface area contributed by atoms with Gasteiger partial charge in [-0.25, -0.2) is 0 Å². The number of hydrogen-bond acceptors (Lipinski definition) is 1. The molecule has 0 saturated carbocycles. The third kappa shape index (κ3) is 2.69. The summed E-state index contributed by atoms with van der Waals surface area (Å²) in [5.41, 5.74) is 4.57. The number of benzene rings is 1. The number of nitrogens with one attached hydrogen (secondary N) is 1. The van der Waals surface area contributed by atoms with Crippen molar-refractivity contribution in [3.05, 3.63) is 66.5 Å². The molecule has 1 heterocycles. The van der Waals surface area contributed by atoms with Crippen LogP contribution in [-0.2, 0) is 0 Å². The van der Waals surface area contributed by atoms with Gasteiger partial charge in [0.25, 0.3) is 0 Å². The summed E-state index contributed by atoms with van der Waals surface area (Å²) in [5, 5.41) is 4.56. The van der Waals surface area contributed by atoms with Gasteiger partial charge in [0, 0.05) is 24.3 Å². The van der Waals surface area contributed by atoms with Crippen LogP contribution in [0.2, 0.25) is 0 Å². The second-order valence-corrected chi connectivity index (χ2v) is 4.81. The fraction of sp³-hybridized carbons (Fsp3) is 0.222. The molecule has 1 aromatic carbocycles. The lowest BCUT2D eigenvalue weighted by Crippen LogP contribution is -2.07. The predicted molar refractivity (Wildman–Crippen MR) is 88.6 cm³/mol. The molecule has 0 bridgehead atoms. The monoisotopic (exact) mass is 266 g/mol. The van der Waals surface area contributed by atoms with Crippen LogP contribution in [0.1, 0.15) is 19.4 Å². The molecule has 0 saturated heterocycles. The molecule has 104 valence electrons. The Hall–Kier alpha value is -2.22. The standard InChI is InChI=1S/C18H22N2/c1-5-8-15(4)18(13-19-6-2)20-12-11-16-14(3)9-7-10-17(16)20/h5,7-13,19H,4,6H2,1-3H3/b8-5-,18-13+. The molecule has 20 heavy (non-hydrogen) atoms. The maximum Gasteiger partial charge on any atom is 0.0679 e. The van der Waals surface area contributed by atoms with Gasteiger partial charge in [0.2, 0.25) is 0 Å². The van der Waals surface area contributed by atoms with Gasteiger partial charge in [-0.2, -0.15) is 0 Å². The van der Waals surface area contributed by atoms with Crippen molar-refractivity contribution in [2.45, 2.75) is 20.8 Å². The van der Waals surface area contributed by atoms with Crippen LogP contribution in [0.15, 0.2) is 61.0 Å². The molecule has 0 aliphatic carbocycles. The number of hydrogen-bond donors (Lipinski definition) is 1. The molecule has 2 nitrogen and oxygen atoms in total. The Morgan fingerprint density at radius 3 is 2.85 bits per heavy atom. The summed E-state index contributed by atoms with van der Waals surface area (Å²) in [6.07, 6.45) is 8.18. The Bertz CT molecular complexity index is 672. The van der Waals surface area contributed by atoms with Gasteiger partial charge in [0.05, 0.1) is 11.2 Å². The largest absolute Gasteiger partial charge is 0.389 e. The molecule has 0 amide bonds. The van der Waals surface area contributed by atoms with E-state index in [4.69, 9.17) is 0 Å². The number of rotatable bonds is 5. The van der Waals surface area contributed by atoms with Crippen molar-refractivity contribution in [3.8, 4) is 0 Å². The molecule has 0 spiro atoms. The zero-order chi connectivity index (χ0) is 14.5. The lowest BCUT2D eigenvalue weighted by Gasteiger charge is -2.12. The maximum absolute atomic E-state index is 4.17. The molecule has 0 unspecified atom stereocenters. The molecule has 2 rings (SSSR count). The van der Waals surface area contributed by atoms with Crippen LogP contribution in [-0.4, -0.2) is 11.1 Å². The molecule has 1 aromatic heterocycles. The van der Waals surface area contributed by atoms with Gasteiger partial charge < -0.3 is 9.88 Å². The predicted octanol–water partition coefficient (Wildman–Crippen LogP) is 4.49. The first-order valence-corrected chi connectivity index (χ1v) is 7.01. The van der Waals surface area contributed by atoms with E-state index in [1.54, 1.807) is 0 Å². The van der Waals surface area contributed by atoms with Gasteiger partial charge in [-0.15, -0.1) is 0 Å². The summed E-state index contributed by atoms with van der Waals surface area (Å²) in [5.74, 6) is 0. The van der Waals surface area contributed by atoms with Crippen molar-refractivity contribution in [1.29, 1.82) is 0 Å². The van der Waals surface area contributed by atoms with Crippen molar-refractivity contribution >= 4 is 16.6 Å². The Morgan fingerprint density at radius 1 is 1.35 bits per heavy atom. The van der Waals surface area contributed by atoms with E-state index >= 15 is 0 Å². The zero-order valence-electron chi connectivity index (χ0n) is 12.5. The minimum atomic E-state index is 0.894. The summed E-state index contributed by atoms with van der Waals surface area (Å²) in [4.78, 5) is 0. The third-order valence-corrected chi connectivity index (χ3v) is 3.35. The van der Waals surface area contributed by atoms with E-state index in [0.29, 0.717) is 0 Å². The Kier molecular flexibility index (Phi) is 4.46. The van der Waals surface area contributed by atoms with Crippen molar-refractivity contribution in [3.63, 3.8) is 0 Å². The second-order valence-electron chi connectivity index (χ2n) is 4.81. The number of allylic oxidation sites excluding steroid dienone is 4. The molecule has 0 fully saturated rings. The smallest absolute Gasteiger partial charge is 0.0679 e. The van der Waals surface area contributed by atoms with E-state index in [1.807, 2.05) is 25.3 Å². The van der Waals surface area contributed by atoms with Crippen LogP contribution in [0.25, 0.3) is 16.6 Å². The van der Waals surface area contributed by atoms with Gasteiger partial charge in [-0.05, 0) is 44.0 Å². The van der Waals surface area contributed by atoms with Crippen molar-refractivity contribution in [2.24, 2.45) is 0 Å². The first-order chi connectivity index (χ1) is 9.69.